The van der Waals surface area contributed by atoms with Crippen LogP contribution in [0.15, 0.2) is 21.2 Å². The summed E-state index contributed by atoms with van der Waals surface area (Å²) in [5, 5.41) is 6.27. The van der Waals surface area contributed by atoms with E-state index in [0.29, 0.717) is 5.82 Å². The lowest BCUT2D eigenvalue weighted by Crippen LogP contribution is -2.48. The summed E-state index contributed by atoms with van der Waals surface area (Å²) >= 11 is 6.74. The van der Waals surface area contributed by atoms with Crippen molar-refractivity contribution >= 4 is 43.6 Å². The van der Waals surface area contributed by atoms with Gasteiger partial charge in [0.15, 0.2) is 0 Å². The summed E-state index contributed by atoms with van der Waals surface area (Å²) in [4.78, 5) is 18.0. The second kappa shape index (κ2) is 6.49. The number of halogens is 2. The lowest BCUT2D eigenvalue weighted by atomic mass is 10.3. The van der Waals surface area contributed by atoms with E-state index in [4.69, 9.17) is 0 Å². The molecule has 0 saturated carbocycles. The van der Waals surface area contributed by atoms with Gasteiger partial charge in [-0.15, -0.1) is 0 Å². The predicted molar refractivity (Wildman–Crippen MR) is 77.6 cm³/mol. The molecule has 1 amide bonds. The number of anilines is 1. The zero-order valence-corrected chi connectivity index (χ0v) is 12.9. The first-order chi connectivity index (χ1) is 8.66. The first-order valence-electron chi connectivity index (χ1n) is 5.70. The second-order valence-electron chi connectivity index (χ2n) is 3.97. The Bertz CT molecular complexity index is 435. The first kappa shape index (κ1) is 13.8. The molecule has 0 unspecified atom stereocenters. The molecule has 0 atom stereocenters. The van der Waals surface area contributed by atoms with Gasteiger partial charge in [0.25, 0.3) is 0 Å². The molecule has 1 fully saturated rings. The summed E-state index contributed by atoms with van der Waals surface area (Å²) in [7, 11) is 0. The van der Waals surface area contributed by atoms with Crippen LogP contribution in [0.4, 0.5) is 5.82 Å². The Morgan fingerprint density at radius 3 is 2.83 bits per heavy atom. The van der Waals surface area contributed by atoms with E-state index in [9.17, 15) is 4.79 Å². The van der Waals surface area contributed by atoms with Crippen LogP contribution in [0.5, 0.6) is 0 Å². The quantitative estimate of drug-likeness (QED) is 0.837. The highest BCUT2D eigenvalue weighted by atomic mass is 79.9. The second-order valence-corrected chi connectivity index (χ2v) is 5.74. The van der Waals surface area contributed by atoms with Crippen LogP contribution in [0.2, 0.25) is 0 Å². The fourth-order valence-electron chi connectivity index (χ4n) is 1.73. The van der Waals surface area contributed by atoms with Gasteiger partial charge in [-0.05, 0) is 37.9 Å². The Hall–Kier alpha value is -0.660. The maximum absolute atomic E-state index is 11.9. The van der Waals surface area contributed by atoms with E-state index in [2.05, 4.69) is 47.5 Å². The van der Waals surface area contributed by atoms with Crippen molar-refractivity contribution in [2.24, 2.45) is 0 Å². The van der Waals surface area contributed by atoms with Gasteiger partial charge in [-0.3, -0.25) is 4.79 Å². The molecule has 7 heteroatoms. The zero-order chi connectivity index (χ0) is 13.0. The fraction of sp³-hybridized carbons (Fsp3) is 0.455. The standard InChI is InChI=1S/C11H14Br2N4O/c12-8-5-9(13)11(15-6-8)16-7-10(18)17-3-1-14-2-4-17/h5-6,14H,1-4,7H2,(H,15,16). The summed E-state index contributed by atoms with van der Waals surface area (Å²) in [6, 6.07) is 1.89. The molecule has 2 heterocycles. The first-order valence-corrected chi connectivity index (χ1v) is 7.29. The van der Waals surface area contributed by atoms with Gasteiger partial charge in [-0.2, -0.15) is 0 Å². The van der Waals surface area contributed by atoms with Crippen LogP contribution < -0.4 is 10.6 Å². The Balaban J connectivity index is 1.88. The van der Waals surface area contributed by atoms with Crippen molar-refractivity contribution in [1.82, 2.24) is 15.2 Å². The summed E-state index contributed by atoms with van der Waals surface area (Å²) in [5.74, 6) is 0.787. The van der Waals surface area contributed by atoms with Gasteiger partial charge in [-0.1, -0.05) is 0 Å². The lowest BCUT2D eigenvalue weighted by Gasteiger charge is -2.27. The monoisotopic (exact) mass is 376 g/mol. The third kappa shape index (κ3) is 3.66. The molecule has 1 saturated heterocycles. The van der Waals surface area contributed by atoms with Crippen LogP contribution in [0, 0.1) is 0 Å². The van der Waals surface area contributed by atoms with Gasteiger partial charge in [0.2, 0.25) is 5.91 Å². The summed E-state index contributed by atoms with van der Waals surface area (Å²) in [6.45, 7) is 3.55. The van der Waals surface area contributed by atoms with Gasteiger partial charge in [-0.25, -0.2) is 4.98 Å². The average Bonchev–Trinajstić information content (AvgIpc) is 2.38. The topological polar surface area (TPSA) is 57.3 Å². The molecule has 1 aliphatic heterocycles. The maximum Gasteiger partial charge on any atom is 0.242 e. The molecule has 98 valence electrons. The van der Waals surface area contributed by atoms with E-state index in [1.807, 2.05) is 11.0 Å². The minimum absolute atomic E-state index is 0.105. The van der Waals surface area contributed by atoms with E-state index < -0.39 is 0 Å². The van der Waals surface area contributed by atoms with Crippen molar-refractivity contribution in [2.75, 3.05) is 38.0 Å². The number of nitrogens with one attached hydrogen (secondary N) is 2. The number of hydrogen-bond donors (Lipinski definition) is 2. The van der Waals surface area contributed by atoms with Crippen molar-refractivity contribution in [2.45, 2.75) is 0 Å². The van der Waals surface area contributed by atoms with Gasteiger partial charge in [0, 0.05) is 36.8 Å². The molecule has 5 nitrogen and oxygen atoms in total. The van der Waals surface area contributed by atoms with Gasteiger partial charge in [0.05, 0.1) is 11.0 Å². The minimum Gasteiger partial charge on any atom is -0.360 e. The number of nitrogens with zero attached hydrogens (tertiary/aromatic N) is 2. The molecule has 2 N–H and O–H groups in total. The molecule has 1 aromatic heterocycles. The number of carbonyl (C=O) groups excluding carboxylic acids is 1. The molecular formula is C11H14Br2N4O. The van der Waals surface area contributed by atoms with Crippen LogP contribution >= 0.6 is 31.9 Å². The molecule has 2 rings (SSSR count). The highest BCUT2D eigenvalue weighted by Gasteiger charge is 2.16. The maximum atomic E-state index is 11.9. The third-order valence-electron chi connectivity index (χ3n) is 2.68. The molecule has 1 aromatic rings. The van der Waals surface area contributed by atoms with Crippen molar-refractivity contribution in [3.05, 3.63) is 21.2 Å². The van der Waals surface area contributed by atoms with E-state index >= 15 is 0 Å². The van der Waals surface area contributed by atoms with Gasteiger partial charge in [0.1, 0.15) is 5.82 Å². The van der Waals surface area contributed by atoms with E-state index in [1.54, 1.807) is 6.20 Å². The molecule has 0 aliphatic carbocycles. The molecule has 0 spiro atoms. The van der Waals surface area contributed by atoms with Gasteiger partial charge < -0.3 is 15.5 Å². The highest BCUT2D eigenvalue weighted by Crippen LogP contribution is 2.23. The van der Waals surface area contributed by atoms with Crippen molar-refractivity contribution in [3.63, 3.8) is 0 Å². The van der Waals surface area contributed by atoms with Crippen LogP contribution in [0.25, 0.3) is 0 Å². The number of pyridine rings is 1. The van der Waals surface area contributed by atoms with Crippen molar-refractivity contribution in [3.8, 4) is 0 Å². The highest BCUT2D eigenvalue weighted by molar-refractivity contribution is 9.11. The van der Waals surface area contributed by atoms with E-state index in [1.165, 1.54) is 0 Å². The fourth-order valence-corrected chi connectivity index (χ4v) is 2.86. The largest absolute Gasteiger partial charge is 0.360 e. The Kier molecular flexibility index (Phi) is 4.96. The molecule has 18 heavy (non-hydrogen) atoms. The zero-order valence-electron chi connectivity index (χ0n) is 9.75. The van der Waals surface area contributed by atoms with Crippen LogP contribution in [0.1, 0.15) is 0 Å². The molecule has 1 aliphatic rings. The summed E-state index contributed by atoms with van der Waals surface area (Å²) in [6.07, 6.45) is 1.70. The number of amides is 1. The summed E-state index contributed by atoms with van der Waals surface area (Å²) in [5.41, 5.74) is 0. The average molecular weight is 378 g/mol. The summed E-state index contributed by atoms with van der Waals surface area (Å²) < 4.78 is 1.73. The van der Waals surface area contributed by atoms with Crippen LogP contribution in [0.3, 0.4) is 0 Å². The van der Waals surface area contributed by atoms with E-state index in [0.717, 1.165) is 35.1 Å². The Morgan fingerprint density at radius 1 is 1.44 bits per heavy atom. The number of carbonyl (C=O) groups is 1. The normalized spacial score (nSPS) is 15.6. The molecular weight excluding hydrogens is 364 g/mol. The van der Waals surface area contributed by atoms with E-state index in [-0.39, 0.29) is 12.5 Å². The number of piperazine rings is 1. The van der Waals surface area contributed by atoms with Crippen molar-refractivity contribution in [1.29, 1.82) is 0 Å². The predicted octanol–water partition coefficient (Wildman–Crippen LogP) is 1.45. The number of aromatic nitrogens is 1. The lowest BCUT2D eigenvalue weighted by molar-refractivity contribution is -0.129. The molecule has 0 radical (unpaired) electrons. The SMILES string of the molecule is O=C(CNc1ncc(Br)cc1Br)N1CCNCC1. The number of hydrogen-bond acceptors (Lipinski definition) is 4. The Labute approximate surface area is 123 Å². The van der Waals surface area contributed by atoms with Crippen LogP contribution in [-0.4, -0.2) is 48.5 Å². The molecule has 0 aromatic carbocycles. The minimum atomic E-state index is 0.105. The van der Waals surface area contributed by atoms with Crippen molar-refractivity contribution < 1.29 is 4.79 Å². The molecule has 0 bridgehead atoms. The Morgan fingerprint density at radius 2 is 2.17 bits per heavy atom. The smallest absolute Gasteiger partial charge is 0.242 e. The van der Waals surface area contributed by atoms with Crippen LogP contribution in [-0.2, 0) is 4.79 Å². The third-order valence-corrected chi connectivity index (χ3v) is 3.72. The number of rotatable bonds is 3. The van der Waals surface area contributed by atoms with Gasteiger partial charge >= 0.3 is 0 Å².